The maximum atomic E-state index is 15.3. The van der Waals surface area contributed by atoms with Crippen molar-refractivity contribution in [1.29, 1.82) is 0 Å². The number of ether oxygens (including phenoxy) is 3. The van der Waals surface area contributed by atoms with E-state index in [1.807, 2.05) is 0 Å². The van der Waals surface area contributed by atoms with E-state index in [0.29, 0.717) is 40.3 Å². The van der Waals surface area contributed by atoms with Crippen LogP contribution in [0, 0.1) is 17.0 Å². The molecule has 1 aliphatic carbocycles. The van der Waals surface area contributed by atoms with Crippen molar-refractivity contribution in [2.45, 2.75) is 32.6 Å². The summed E-state index contributed by atoms with van der Waals surface area (Å²) in [6, 6.07) is 14.6. The second-order valence-electron chi connectivity index (χ2n) is 10.9. The van der Waals surface area contributed by atoms with Gasteiger partial charge in [-0.1, -0.05) is 26.0 Å². The van der Waals surface area contributed by atoms with Crippen LogP contribution in [0.25, 0.3) is 10.9 Å². The van der Waals surface area contributed by atoms with Gasteiger partial charge in [0.1, 0.15) is 17.0 Å². The fourth-order valence-electron chi connectivity index (χ4n) is 5.52. The van der Waals surface area contributed by atoms with Crippen LogP contribution in [0.4, 0.5) is 14.5 Å². The predicted octanol–water partition coefficient (Wildman–Crippen LogP) is 6.02. The summed E-state index contributed by atoms with van der Waals surface area (Å²) in [6.07, 6.45) is 2.55. The van der Waals surface area contributed by atoms with E-state index in [0.717, 1.165) is 32.1 Å². The lowest BCUT2D eigenvalue weighted by Crippen LogP contribution is -2.37. The van der Waals surface area contributed by atoms with Crippen molar-refractivity contribution < 1.29 is 32.6 Å². The number of halogens is 2. The van der Waals surface area contributed by atoms with Crippen molar-refractivity contribution in [2.75, 3.05) is 38.7 Å². The molecule has 5 rings (SSSR count). The Hall–Kier alpha value is -4.77. The van der Waals surface area contributed by atoms with Crippen molar-refractivity contribution >= 4 is 28.4 Å². The number of nitrogens with one attached hydrogen (secondary N) is 1. The Labute approximate surface area is 260 Å². The van der Waals surface area contributed by atoms with Crippen LogP contribution in [0.2, 0.25) is 0 Å². The van der Waals surface area contributed by atoms with E-state index in [4.69, 9.17) is 19.9 Å². The molecule has 1 heterocycles. The third-order valence-electron chi connectivity index (χ3n) is 8.25. The molecule has 1 fully saturated rings. The van der Waals surface area contributed by atoms with E-state index in [1.165, 1.54) is 36.4 Å². The van der Waals surface area contributed by atoms with Crippen LogP contribution in [0.5, 0.6) is 23.0 Å². The van der Waals surface area contributed by atoms with Gasteiger partial charge in [0.25, 0.3) is 0 Å². The number of rotatable bonds is 14. The fraction of sp³-hybridized carbons (Fsp3) is 0.324. The molecule has 0 saturated heterocycles. The largest absolute Gasteiger partial charge is 0.493 e. The Morgan fingerprint density at radius 2 is 1.76 bits per heavy atom. The number of hydrogen-bond donors (Lipinski definition) is 2. The summed E-state index contributed by atoms with van der Waals surface area (Å²) < 4.78 is 46.2. The van der Waals surface area contributed by atoms with E-state index < -0.39 is 34.8 Å². The van der Waals surface area contributed by atoms with Crippen LogP contribution in [-0.2, 0) is 9.59 Å². The lowest BCUT2D eigenvalue weighted by atomic mass is 9.97. The molecule has 236 valence electrons. The molecule has 9 nitrogen and oxygen atoms in total. The normalized spacial score (nSPS) is 17.2. The van der Waals surface area contributed by atoms with E-state index in [2.05, 4.69) is 29.0 Å². The Morgan fingerprint density at radius 3 is 2.42 bits per heavy atom. The van der Waals surface area contributed by atoms with Crippen molar-refractivity contribution in [3.05, 3.63) is 84.1 Å². The number of nitrogens with zero attached hydrogens (tertiary/aromatic N) is 2. The highest BCUT2D eigenvalue weighted by molar-refractivity contribution is 6.14. The lowest BCUT2D eigenvalue weighted by molar-refractivity contribution is -0.132. The van der Waals surface area contributed by atoms with Gasteiger partial charge in [0, 0.05) is 41.9 Å². The fourth-order valence-corrected chi connectivity index (χ4v) is 5.52. The molecule has 1 aromatic heterocycles. The number of anilines is 1. The van der Waals surface area contributed by atoms with Crippen LogP contribution in [-0.4, -0.2) is 55.0 Å². The molecule has 0 spiro atoms. The highest BCUT2D eigenvalue weighted by Gasteiger charge is 2.65. The van der Waals surface area contributed by atoms with Gasteiger partial charge in [-0.15, -0.1) is 0 Å². The number of aromatic nitrogens is 1. The number of primary amides is 1. The van der Waals surface area contributed by atoms with Gasteiger partial charge in [-0.3, -0.25) is 14.6 Å². The first-order valence-electron chi connectivity index (χ1n) is 14.9. The highest BCUT2D eigenvalue weighted by atomic mass is 19.1. The van der Waals surface area contributed by atoms with Gasteiger partial charge < -0.3 is 30.2 Å². The molecule has 3 N–H and O–H groups in total. The van der Waals surface area contributed by atoms with Crippen molar-refractivity contribution in [2.24, 2.45) is 11.1 Å². The first-order chi connectivity index (χ1) is 21.7. The first kappa shape index (κ1) is 31.6. The topological polar surface area (TPSA) is 116 Å². The minimum absolute atomic E-state index is 0.0850. The zero-order valence-electron chi connectivity index (χ0n) is 25.4. The summed E-state index contributed by atoms with van der Waals surface area (Å²) >= 11 is 0. The molecule has 11 heteroatoms. The van der Waals surface area contributed by atoms with Crippen molar-refractivity contribution in [1.82, 2.24) is 9.88 Å². The van der Waals surface area contributed by atoms with E-state index in [9.17, 15) is 14.0 Å². The maximum Gasteiger partial charge on any atom is 0.240 e. The standard InChI is InChI=1S/C34H36F2N4O5/c1-4-40(5-2)15-6-16-44-31-18-24-27(19-30(31)43-3)38-14-13-28(24)45-29-12-11-23(17-26(29)36)39-33(42)34(32(37)41)20-25(34)21-7-9-22(35)10-8-21/h7-14,17-19,25H,4-6,15-16,20H2,1-3H3,(H2,37,41)(H,39,42). The molecule has 2 amide bonds. The molecular formula is C34H36F2N4O5. The summed E-state index contributed by atoms with van der Waals surface area (Å²) in [5, 5.41) is 3.20. The number of pyridine rings is 1. The van der Waals surface area contributed by atoms with Crippen LogP contribution in [0.15, 0.2) is 66.9 Å². The number of amides is 2. The number of fused-ring (bicyclic) bond motifs is 1. The molecule has 45 heavy (non-hydrogen) atoms. The molecule has 4 aromatic rings. The minimum Gasteiger partial charge on any atom is -0.493 e. The summed E-state index contributed by atoms with van der Waals surface area (Å²) in [5.41, 5.74) is 5.43. The van der Waals surface area contributed by atoms with Crippen LogP contribution in [0.3, 0.4) is 0 Å². The van der Waals surface area contributed by atoms with Gasteiger partial charge in [0.2, 0.25) is 11.8 Å². The highest BCUT2D eigenvalue weighted by Crippen LogP contribution is 2.59. The zero-order valence-corrected chi connectivity index (χ0v) is 25.4. The average Bonchev–Trinajstić information content (AvgIpc) is 3.80. The number of methoxy groups -OCH3 is 1. The van der Waals surface area contributed by atoms with E-state index in [1.54, 1.807) is 31.5 Å². The molecule has 3 aromatic carbocycles. The zero-order chi connectivity index (χ0) is 32.1. The third kappa shape index (κ3) is 6.68. The molecule has 0 bridgehead atoms. The second-order valence-corrected chi connectivity index (χ2v) is 10.9. The molecule has 2 atom stereocenters. The van der Waals surface area contributed by atoms with Gasteiger partial charge in [0.05, 0.1) is 19.2 Å². The van der Waals surface area contributed by atoms with Crippen molar-refractivity contribution in [3.63, 3.8) is 0 Å². The lowest BCUT2D eigenvalue weighted by Gasteiger charge is -2.18. The van der Waals surface area contributed by atoms with E-state index >= 15 is 4.39 Å². The summed E-state index contributed by atoms with van der Waals surface area (Å²) in [7, 11) is 1.55. The molecule has 0 aliphatic heterocycles. The quantitative estimate of drug-likeness (QED) is 0.131. The van der Waals surface area contributed by atoms with E-state index in [-0.39, 0.29) is 17.9 Å². The molecule has 1 saturated carbocycles. The predicted molar refractivity (Wildman–Crippen MR) is 167 cm³/mol. The summed E-state index contributed by atoms with van der Waals surface area (Å²) in [4.78, 5) is 32.3. The molecular weight excluding hydrogens is 582 g/mol. The average molecular weight is 619 g/mol. The Kier molecular flexibility index (Phi) is 9.48. The Balaban J connectivity index is 1.31. The SMILES string of the molecule is CCN(CC)CCCOc1cc2c(Oc3ccc(NC(=O)C4(C(N)=O)CC4c4ccc(F)cc4)cc3F)ccnc2cc1OC. The molecule has 2 unspecified atom stereocenters. The van der Waals surface area contributed by atoms with Crippen molar-refractivity contribution in [3.8, 4) is 23.0 Å². The summed E-state index contributed by atoms with van der Waals surface area (Å²) in [5.74, 6) is -1.83. The number of benzene rings is 3. The van der Waals surface area contributed by atoms with Gasteiger partial charge in [-0.25, -0.2) is 8.78 Å². The maximum absolute atomic E-state index is 15.3. The van der Waals surface area contributed by atoms with Crippen LogP contribution in [0.1, 0.15) is 38.2 Å². The first-order valence-corrected chi connectivity index (χ1v) is 14.9. The number of carbonyl (C=O) groups is 2. The van der Waals surface area contributed by atoms with Gasteiger partial charge in [-0.2, -0.15) is 0 Å². The summed E-state index contributed by atoms with van der Waals surface area (Å²) in [6.45, 7) is 7.58. The van der Waals surface area contributed by atoms with Crippen LogP contribution >= 0.6 is 0 Å². The second kappa shape index (κ2) is 13.5. The van der Waals surface area contributed by atoms with Gasteiger partial charge in [0.15, 0.2) is 23.1 Å². The molecule has 0 radical (unpaired) electrons. The Morgan fingerprint density at radius 1 is 1.00 bits per heavy atom. The number of carbonyl (C=O) groups excluding carboxylic acids is 2. The van der Waals surface area contributed by atoms with Gasteiger partial charge in [-0.05, 0) is 67.9 Å². The van der Waals surface area contributed by atoms with Gasteiger partial charge >= 0.3 is 0 Å². The molecule has 1 aliphatic rings. The third-order valence-corrected chi connectivity index (χ3v) is 8.25. The number of nitrogens with two attached hydrogens (primary N) is 1. The minimum atomic E-state index is -1.51. The smallest absolute Gasteiger partial charge is 0.240 e. The Bertz CT molecular complexity index is 1700. The van der Waals surface area contributed by atoms with Crippen LogP contribution < -0.4 is 25.3 Å². The monoisotopic (exact) mass is 618 g/mol. The number of hydrogen-bond acceptors (Lipinski definition) is 7.